The highest BCUT2D eigenvalue weighted by atomic mass is 35.5. The molecule has 0 unspecified atom stereocenters. The van der Waals surface area contributed by atoms with Gasteiger partial charge in [-0.05, 0) is 12.1 Å². The van der Waals surface area contributed by atoms with Crippen molar-refractivity contribution in [1.82, 2.24) is 29.6 Å². The zero-order valence-electron chi connectivity index (χ0n) is 13.6. The lowest BCUT2D eigenvalue weighted by Gasteiger charge is -2.35. The van der Waals surface area contributed by atoms with Gasteiger partial charge in [-0.3, -0.25) is 9.48 Å². The molecule has 0 spiro atoms. The average molecular weight is 358 g/mol. The molecule has 0 aromatic carbocycles. The lowest BCUT2D eigenvalue weighted by molar-refractivity contribution is 0.0746. The van der Waals surface area contributed by atoms with Gasteiger partial charge >= 0.3 is 0 Å². The Morgan fingerprint density at radius 2 is 1.96 bits per heavy atom. The van der Waals surface area contributed by atoms with Crippen molar-refractivity contribution in [3.05, 3.63) is 41.6 Å². The number of pyridine rings is 1. The van der Waals surface area contributed by atoms with E-state index in [1.54, 1.807) is 35.5 Å². The molecule has 25 heavy (non-hydrogen) atoms. The van der Waals surface area contributed by atoms with Crippen LogP contribution >= 0.6 is 11.6 Å². The number of nitrogens with zero attached hydrogens (tertiary/aromatic N) is 7. The SMILES string of the molecule is Cn1ncc2c(N3CCN(C(=O)c4ccnc(Cl)c4)CC3)ncnc21. The molecule has 4 rings (SSSR count). The van der Waals surface area contributed by atoms with Gasteiger partial charge in [-0.25, -0.2) is 15.0 Å². The molecule has 1 aliphatic heterocycles. The molecular formula is C16H16ClN7O. The van der Waals surface area contributed by atoms with Gasteiger partial charge in [-0.1, -0.05) is 11.6 Å². The summed E-state index contributed by atoms with van der Waals surface area (Å²) in [4.78, 5) is 29.2. The molecule has 1 aliphatic rings. The van der Waals surface area contributed by atoms with Crippen LogP contribution in [0.2, 0.25) is 5.15 Å². The molecule has 3 aromatic heterocycles. The van der Waals surface area contributed by atoms with Crippen molar-refractivity contribution >= 4 is 34.4 Å². The van der Waals surface area contributed by atoms with Crippen molar-refractivity contribution in [2.45, 2.75) is 0 Å². The van der Waals surface area contributed by atoms with Gasteiger partial charge in [0, 0.05) is 45.0 Å². The quantitative estimate of drug-likeness (QED) is 0.644. The third-order valence-electron chi connectivity index (χ3n) is 4.35. The number of piperazine rings is 1. The summed E-state index contributed by atoms with van der Waals surface area (Å²) >= 11 is 5.88. The fourth-order valence-corrected chi connectivity index (χ4v) is 3.21. The predicted octanol–water partition coefficient (Wildman–Crippen LogP) is 1.37. The lowest BCUT2D eigenvalue weighted by Crippen LogP contribution is -2.49. The van der Waals surface area contributed by atoms with Crippen molar-refractivity contribution in [3.8, 4) is 0 Å². The van der Waals surface area contributed by atoms with Crippen LogP contribution in [0.15, 0.2) is 30.9 Å². The van der Waals surface area contributed by atoms with Crippen molar-refractivity contribution in [2.75, 3.05) is 31.1 Å². The number of halogens is 1. The largest absolute Gasteiger partial charge is 0.352 e. The minimum atomic E-state index is -0.0295. The Bertz CT molecular complexity index is 933. The van der Waals surface area contributed by atoms with Gasteiger partial charge in [-0.15, -0.1) is 0 Å². The van der Waals surface area contributed by atoms with Gasteiger partial charge in [-0.2, -0.15) is 5.10 Å². The fraction of sp³-hybridized carbons (Fsp3) is 0.312. The van der Waals surface area contributed by atoms with Crippen molar-refractivity contribution < 1.29 is 4.79 Å². The molecule has 0 atom stereocenters. The molecule has 0 aliphatic carbocycles. The topological polar surface area (TPSA) is 80.0 Å². The molecule has 0 bridgehead atoms. The number of carbonyl (C=O) groups excluding carboxylic acids is 1. The Morgan fingerprint density at radius 1 is 1.16 bits per heavy atom. The number of aryl methyl sites for hydroxylation is 1. The highest BCUT2D eigenvalue weighted by molar-refractivity contribution is 6.29. The lowest BCUT2D eigenvalue weighted by atomic mass is 10.2. The number of amides is 1. The highest BCUT2D eigenvalue weighted by Gasteiger charge is 2.24. The standard InChI is InChI=1S/C16H16ClN7O/c1-22-14-12(9-21-22)15(20-10-19-14)23-4-6-24(7-5-23)16(25)11-2-3-18-13(17)8-11/h2-3,8-10H,4-7H2,1H3. The Balaban J connectivity index is 1.50. The molecule has 3 aromatic rings. The second-order valence-electron chi connectivity index (χ2n) is 5.85. The molecule has 0 radical (unpaired) electrons. The Morgan fingerprint density at radius 3 is 2.72 bits per heavy atom. The van der Waals surface area contributed by atoms with E-state index < -0.39 is 0 Å². The summed E-state index contributed by atoms with van der Waals surface area (Å²) in [5.74, 6) is 0.829. The Kier molecular flexibility index (Phi) is 3.96. The summed E-state index contributed by atoms with van der Waals surface area (Å²) in [6.45, 7) is 2.63. The number of hydrogen-bond donors (Lipinski definition) is 0. The average Bonchev–Trinajstić information content (AvgIpc) is 3.03. The van der Waals surface area contributed by atoms with Gasteiger partial charge in [0.15, 0.2) is 5.65 Å². The van der Waals surface area contributed by atoms with Gasteiger partial charge < -0.3 is 9.80 Å². The van der Waals surface area contributed by atoms with Crippen LogP contribution in [0.5, 0.6) is 0 Å². The minimum Gasteiger partial charge on any atom is -0.352 e. The van der Waals surface area contributed by atoms with Crippen molar-refractivity contribution in [2.24, 2.45) is 7.05 Å². The van der Waals surface area contributed by atoms with Crippen LogP contribution in [-0.2, 0) is 7.05 Å². The number of anilines is 1. The van der Waals surface area contributed by atoms with E-state index in [4.69, 9.17) is 11.6 Å². The highest BCUT2D eigenvalue weighted by Crippen LogP contribution is 2.23. The van der Waals surface area contributed by atoms with Crippen LogP contribution in [0, 0.1) is 0 Å². The second-order valence-corrected chi connectivity index (χ2v) is 6.24. The van der Waals surface area contributed by atoms with E-state index in [1.807, 2.05) is 11.9 Å². The summed E-state index contributed by atoms with van der Waals surface area (Å²) < 4.78 is 1.73. The van der Waals surface area contributed by atoms with E-state index in [1.165, 1.54) is 0 Å². The smallest absolute Gasteiger partial charge is 0.254 e. The minimum absolute atomic E-state index is 0.0295. The second kappa shape index (κ2) is 6.29. The molecule has 9 heteroatoms. The molecule has 8 nitrogen and oxygen atoms in total. The van der Waals surface area contributed by atoms with Crippen LogP contribution in [0.4, 0.5) is 5.82 Å². The van der Waals surface area contributed by atoms with Gasteiger partial charge in [0.1, 0.15) is 17.3 Å². The third kappa shape index (κ3) is 2.89. The van der Waals surface area contributed by atoms with Crippen LogP contribution in [-0.4, -0.2) is 61.7 Å². The third-order valence-corrected chi connectivity index (χ3v) is 4.56. The van der Waals surface area contributed by atoms with Crippen LogP contribution in [0.3, 0.4) is 0 Å². The zero-order valence-corrected chi connectivity index (χ0v) is 14.4. The van der Waals surface area contributed by atoms with E-state index in [0.717, 1.165) is 16.9 Å². The van der Waals surface area contributed by atoms with Gasteiger partial charge in [0.2, 0.25) is 0 Å². The summed E-state index contributed by atoms with van der Waals surface area (Å²) in [7, 11) is 1.86. The monoisotopic (exact) mass is 357 g/mol. The maximum atomic E-state index is 12.6. The Hall–Kier alpha value is -2.74. The molecule has 0 N–H and O–H groups in total. The van der Waals surface area contributed by atoms with Crippen LogP contribution in [0.25, 0.3) is 11.0 Å². The molecule has 1 amide bonds. The van der Waals surface area contributed by atoms with E-state index in [9.17, 15) is 4.79 Å². The summed E-state index contributed by atoms with van der Waals surface area (Å²) in [6.07, 6.45) is 4.88. The summed E-state index contributed by atoms with van der Waals surface area (Å²) in [6, 6.07) is 3.28. The summed E-state index contributed by atoms with van der Waals surface area (Å²) in [5.41, 5.74) is 1.36. The summed E-state index contributed by atoms with van der Waals surface area (Å²) in [5, 5.41) is 5.49. The number of carbonyl (C=O) groups is 1. The number of aromatic nitrogens is 5. The van der Waals surface area contributed by atoms with E-state index in [0.29, 0.717) is 36.9 Å². The normalized spacial score (nSPS) is 15.0. The first kappa shape index (κ1) is 15.8. The first-order valence-corrected chi connectivity index (χ1v) is 8.30. The maximum absolute atomic E-state index is 12.6. The molecule has 0 saturated carbocycles. The first-order chi connectivity index (χ1) is 12.1. The first-order valence-electron chi connectivity index (χ1n) is 7.92. The van der Waals surface area contributed by atoms with Crippen LogP contribution < -0.4 is 4.90 Å². The van der Waals surface area contributed by atoms with Crippen LogP contribution in [0.1, 0.15) is 10.4 Å². The number of hydrogen-bond acceptors (Lipinski definition) is 6. The van der Waals surface area contributed by atoms with E-state index in [2.05, 4.69) is 25.0 Å². The van der Waals surface area contributed by atoms with Gasteiger partial charge in [0.05, 0.1) is 11.6 Å². The van der Waals surface area contributed by atoms with Gasteiger partial charge in [0.25, 0.3) is 5.91 Å². The zero-order chi connectivity index (χ0) is 17.4. The molecule has 128 valence electrons. The number of fused-ring (bicyclic) bond motifs is 1. The Labute approximate surface area is 149 Å². The fourth-order valence-electron chi connectivity index (χ4n) is 3.04. The maximum Gasteiger partial charge on any atom is 0.254 e. The molecule has 1 saturated heterocycles. The van der Waals surface area contributed by atoms with E-state index in [-0.39, 0.29) is 5.91 Å². The molecule has 4 heterocycles. The number of rotatable bonds is 2. The molecule has 1 fully saturated rings. The van der Waals surface area contributed by atoms with E-state index >= 15 is 0 Å². The predicted molar refractivity (Wildman–Crippen MR) is 93.7 cm³/mol. The molecular weight excluding hydrogens is 342 g/mol. The van der Waals surface area contributed by atoms with Crippen molar-refractivity contribution in [1.29, 1.82) is 0 Å². The van der Waals surface area contributed by atoms with Crippen molar-refractivity contribution in [3.63, 3.8) is 0 Å².